The number of piperidine rings is 1. The van der Waals surface area contributed by atoms with Gasteiger partial charge in [0.15, 0.2) is 0 Å². The zero-order valence-corrected chi connectivity index (χ0v) is 18.1. The number of pyridine rings is 1. The van der Waals surface area contributed by atoms with Gasteiger partial charge in [-0.25, -0.2) is 4.98 Å². The van der Waals surface area contributed by atoms with Crippen LogP contribution in [-0.2, 0) is 13.6 Å². The molecule has 1 fully saturated rings. The van der Waals surface area contributed by atoms with Crippen LogP contribution in [0.15, 0.2) is 30.6 Å². The first-order chi connectivity index (χ1) is 15.6. The lowest BCUT2D eigenvalue weighted by Gasteiger charge is -2.37. The highest BCUT2D eigenvalue weighted by atomic mass is 19.4. The number of aliphatic hydroxyl groups is 1. The van der Waals surface area contributed by atoms with Gasteiger partial charge in [0.2, 0.25) is 0 Å². The molecule has 0 radical (unpaired) electrons. The van der Waals surface area contributed by atoms with Crippen LogP contribution in [-0.4, -0.2) is 64.7 Å². The molecule has 1 aliphatic rings. The molecule has 0 amide bonds. The van der Waals surface area contributed by atoms with E-state index < -0.39 is 18.3 Å². The van der Waals surface area contributed by atoms with Gasteiger partial charge < -0.3 is 10.0 Å². The fourth-order valence-electron chi connectivity index (χ4n) is 4.24. The SMILES string of the molecule is Cn1nccc1-c1cc(N2CCC(C)(O)CC2)c2c(n1)c(-c1ccn[nH]1)nn2CC(F)(F)F. The second-order valence-electron chi connectivity index (χ2n) is 8.64. The number of anilines is 1. The Morgan fingerprint density at radius 1 is 1.18 bits per heavy atom. The Hall–Kier alpha value is -3.41. The van der Waals surface area contributed by atoms with Gasteiger partial charge in [0.05, 0.1) is 28.4 Å². The molecule has 33 heavy (non-hydrogen) atoms. The number of alkyl halides is 3. The first-order valence-corrected chi connectivity index (χ1v) is 10.6. The third-order valence-corrected chi connectivity index (χ3v) is 6.03. The Labute approximate surface area is 186 Å². The highest BCUT2D eigenvalue weighted by molar-refractivity contribution is 5.98. The summed E-state index contributed by atoms with van der Waals surface area (Å²) in [5, 5.41) is 25.6. The maximum Gasteiger partial charge on any atom is 0.408 e. The van der Waals surface area contributed by atoms with Crippen LogP contribution in [0.25, 0.3) is 33.8 Å². The fraction of sp³-hybridized carbons (Fsp3) is 0.429. The predicted octanol–water partition coefficient (Wildman–Crippen LogP) is 3.14. The van der Waals surface area contributed by atoms with E-state index in [9.17, 15) is 18.3 Å². The van der Waals surface area contributed by atoms with Crippen LogP contribution in [0, 0.1) is 0 Å². The topological polar surface area (TPSA) is 101 Å². The van der Waals surface area contributed by atoms with Gasteiger partial charge in [-0.3, -0.25) is 14.5 Å². The maximum atomic E-state index is 13.5. The highest BCUT2D eigenvalue weighted by Gasteiger charge is 2.34. The number of halogens is 3. The van der Waals surface area contributed by atoms with E-state index in [0.29, 0.717) is 59.7 Å². The van der Waals surface area contributed by atoms with Crippen molar-refractivity contribution in [3.8, 4) is 22.8 Å². The normalized spacial score (nSPS) is 16.6. The number of nitrogens with zero attached hydrogens (tertiary/aromatic N) is 7. The fourth-order valence-corrected chi connectivity index (χ4v) is 4.24. The summed E-state index contributed by atoms with van der Waals surface area (Å²) >= 11 is 0. The molecule has 5 heterocycles. The van der Waals surface area contributed by atoms with Gasteiger partial charge in [-0.1, -0.05) is 0 Å². The lowest BCUT2D eigenvalue weighted by atomic mass is 9.93. The van der Waals surface area contributed by atoms with Crippen LogP contribution in [0.5, 0.6) is 0 Å². The zero-order valence-electron chi connectivity index (χ0n) is 18.1. The Balaban J connectivity index is 1.77. The summed E-state index contributed by atoms with van der Waals surface area (Å²) in [7, 11) is 1.78. The van der Waals surface area contributed by atoms with Crippen molar-refractivity contribution in [3.05, 3.63) is 30.6 Å². The van der Waals surface area contributed by atoms with E-state index in [4.69, 9.17) is 4.98 Å². The van der Waals surface area contributed by atoms with Crippen molar-refractivity contribution >= 4 is 16.7 Å². The molecule has 0 unspecified atom stereocenters. The summed E-state index contributed by atoms with van der Waals surface area (Å²) in [4.78, 5) is 6.73. The average molecular weight is 460 g/mol. The summed E-state index contributed by atoms with van der Waals surface area (Å²) in [6.45, 7) is 1.52. The molecule has 5 rings (SSSR count). The highest BCUT2D eigenvalue weighted by Crippen LogP contribution is 2.38. The molecule has 0 bridgehead atoms. The third kappa shape index (κ3) is 4.06. The van der Waals surface area contributed by atoms with Crippen LogP contribution >= 0.6 is 0 Å². The quantitative estimate of drug-likeness (QED) is 0.485. The van der Waals surface area contributed by atoms with Crippen LogP contribution in [0.1, 0.15) is 19.8 Å². The molecule has 174 valence electrons. The molecule has 1 saturated heterocycles. The first-order valence-electron chi connectivity index (χ1n) is 10.6. The summed E-state index contributed by atoms with van der Waals surface area (Å²) < 4.78 is 43.1. The van der Waals surface area contributed by atoms with Crippen LogP contribution in [0.3, 0.4) is 0 Å². The van der Waals surface area contributed by atoms with E-state index in [1.807, 2.05) is 4.90 Å². The van der Waals surface area contributed by atoms with Crippen molar-refractivity contribution in [2.24, 2.45) is 7.05 Å². The van der Waals surface area contributed by atoms with Crippen molar-refractivity contribution in [1.29, 1.82) is 0 Å². The lowest BCUT2D eigenvalue weighted by Crippen LogP contribution is -2.42. The smallest absolute Gasteiger partial charge is 0.390 e. The molecule has 0 saturated carbocycles. The van der Waals surface area contributed by atoms with E-state index in [0.717, 1.165) is 10.4 Å². The number of aromatic amines is 1. The summed E-state index contributed by atoms with van der Waals surface area (Å²) in [5.41, 5.74) is 2.49. The maximum absolute atomic E-state index is 13.5. The Morgan fingerprint density at radius 3 is 2.55 bits per heavy atom. The number of fused-ring (bicyclic) bond motifs is 1. The Kier molecular flexibility index (Phi) is 4.92. The Bertz CT molecular complexity index is 1280. The molecule has 0 spiro atoms. The van der Waals surface area contributed by atoms with E-state index in [1.54, 1.807) is 43.0 Å². The van der Waals surface area contributed by atoms with Crippen LogP contribution < -0.4 is 4.90 Å². The van der Waals surface area contributed by atoms with Gasteiger partial charge in [-0.05, 0) is 38.0 Å². The molecule has 12 heteroatoms. The van der Waals surface area contributed by atoms with Gasteiger partial charge in [0, 0.05) is 32.5 Å². The van der Waals surface area contributed by atoms with Crippen molar-refractivity contribution in [1.82, 2.24) is 34.7 Å². The second-order valence-corrected chi connectivity index (χ2v) is 8.64. The number of nitrogens with one attached hydrogen (secondary N) is 1. The molecule has 2 N–H and O–H groups in total. The number of aromatic nitrogens is 7. The number of aryl methyl sites for hydroxylation is 1. The summed E-state index contributed by atoms with van der Waals surface area (Å²) in [6, 6.07) is 5.23. The standard InChI is InChI=1S/C21H23F3N8O/c1-20(33)5-9-31(10-6-20)16-11-14(15-4-8-26-30(15)2)27-18-17(13-3-7-25-28-13)29-32(19(16)18)12-21(22,23)24/h3-4,7-8,11,33H,5-6,9-10,12H2,1-2H3,(H,25,28). The molecular formula is C21H23F3N8O. The monoisotopic (exact) mass is 460 g/mol. The number of hydrogen-bond donors (Lipinski definition) is 2. The van der Waals surface area contributed by atoms with Gasteiger partial charge in [-0.2, -0.15) is 28.5 Å². The first kappa shape index (κ1) is 21.4. The van der Waals surface area contributed by atoms with Crippen LogP contribution in [0.2, 0.25) is 0 Å². The molecular weight excluding hydrogens is 437 g/mol. The predicted molar refractivity (Wildman–Crippen MR) is 115 cm³/mol. The molecule has 4 aromatic heterocycles. The van der Waals surface area contributed by atoms with Gasteiger partial charge >= 0.3 is 6.18 Å². The van der Waals surface area contributed by atoms with E-state index >= 15 is 0 Å². The summed E-state index contributed by atoms with van der Waals surface area (Å²) in [5.74, 6) is 0. The molecule has 4 aromatic rings. The zero-order chi connectivity index (χ0) is 23.4. The van der Waals surface area contributed by atoms with Crippen molar-refractivity contribution in [2.75, 3.05) is 18.0 Å². The summed E-state index contributed by atoms with van der Waals surface area (Å²) in [6.07, 6.45) is -0.310. The van der Waals surface area contributed by atoms with E-state index in [2.05, 4.69) is 20.4 Å². The number of hydrogen-bond acceptors (Lipinski definition) is 6. The minimum atomic E-state index is -4.46. The average Bonchev–Trinajstić information content (AvgIpc) is 3.47. The van der Waals surface area contributed by atoms with Gasteiger partial charge in [0.25, 0.3) is 0 Å². The second kappa shape index (κ2) is 7.58. The number of H-pyrrole nitrogens is 1. The van der Waals surface area contributed by atoms with E-state index in [-0.39, 0.29) is 0 Å². The Morgan fingerprint density at radius 2 is 1.94 bits per heavy atom. The van der Waals surface area contributed by atoms with Gasteiger partial charge in [-0.15, -0.1) is 0 Å². The van der Waals surface area contributed by atoms with Crippen molar-refractivity contribution in [3.63, 3.8) is 0 Å². The molecule has 0 atom stereocenters. The molecule has 9 nitrogen and oxygen atoms in total. The van der Waals surface area contributed by atoms with Crippen molar-refractivity contribution < 1.29 is 18.3 Å². The molecule has 0 aliphatic carbocycles. The largest absolute Gasteiger partial charge is 0.408 e. The lowest BCUT2D eigenvalue weighted by molar-refractivity contribution is -0.141. The minimum absolute atomic E-state index is 0.293. The van der Waals surface area contributed by atoms with E-state index in [1.165, 1.54) is 6.20 Å². The molecule has 0 aromatic carbocycles. The van der Waals surface area contributed by atoms with Crippen LogP contribution in [0.4, 0.5) is 18.9 Å². The van der Waals surface area contributed by atoms with Gasteiger partial charge in [0.1, 0.15) is 23.3 Å². The molecule has 1 aliphatic heterocycles. The number of rotatable bonds is 4. The minimum Gasteiger partial charge on any atom is -0.390 e. The van der Waals surface area contributed by atoms with Crippen molar-refractivity contribution in [2.45, 2.75) is 38.1 Å². The third-order valence-electron chi connectivity index (χ3n) is 6.03.